The molecule has 5 nitrogen and oxygen atoms in total. The fourth-order valence-corrected chi connectivity index (χ4v) is 1.77. The lowest BCUT2D eigenvalue weighted by Gasteiger charge is -2.18. The molecule has 0 spiro atoms. The number of nitrogens with zero attached hydrogens (tertiary/aromatic N) is 1. The van der Waals surface area contributed by atoms with Gasteiger partial charge < -0.3 is 4.74 Å². The number of hydrogen-bond acceptors (Lipinski definition) is 4. The number of carbonyl (C=O) groups is 2. The molecule has 2 amide bonds. The van der Waals surface area contributed by atoms with Crippen molar-refractivity contribution in [2.24, 2.45) is 10.9 Å². The van der Waals surface area contributed by atoms with E-state index in [1.807, 2.05) is 24.3 Å². The van der Waals surface area contributed by atoms with Crippen molar-refractivity contribution in [1.29, 1.82) is 0 Å². The summed E-state index contributed by atoms with van der Waals surface area (Å²) in [6, 6.07) is 0. The SMILES string of the molecule is C=CCOC(=O)NC(=O)C1=NC2=CC=CCC2C=C1. The number of rotatable bonds is 3. The van der Waals surface area contributed by atoms with Gasteiger partial charge in [0.05, 0.1) is 0 Å². The molecule has 0 aromatic carbocycles. The molecule has 0 saturated heterocycles. The highest BCUT2D eigenvalue weighted by Crippen LogP contribution is 2.25. The van der Waals surface area contributed by atoms with E-state index in [2.05, 4.69) is 21.6 Å². The molecular weight excluding hydrogens is 244 g/mol. The Morgan fingerprint density at radius 2 is 2.42 bits per heavy atom. The Morgan fingerprint density at radius 1 is 1.58 bits per heavy atom. The third-order valence-electron chi connectivity index (χ3n) is 2.69. The second kappa shape index (κ2) is 5.95. The molecule has 2 rings (SSSR count). The summed E-state index contributed by atoms with van der Waals surface area (Å²) in [5.74, 6) is -0.353. The highest BCUT2D eigenvalue weighted by atomic mass is 16.5. The van der Waals surface area contributed by atoms with Crippen LogP contribution in [0.15, 0.2) is 53.7 Å². The van der Waals surface area contributed by atoms with Crippen LogP contribution in [0.3, 0.4) is 0 Å². The van der Waals surface area contributed by atoms with Crippen molar-refractivity contribution in [1.82, 2.24) is 5.32 Å². The van der Waals surface area contributed by atoms with Gasteiger partial charge >= 0.3 is 6.09 Å². The van der Waals surface area contributed by atoms with Gasteiger partial charge in [-0.15, -0.1) is 0 Å². The molecule has 0 bridgehead atoms. The van der Waals surface area contributed by atoms with E-state index >= 15 is 0 Å². The number of aliphatic imine (C=N–C) groups is 1. The van der Waals surface area contributed by atoms with Crippen molar-refractivity contribution in [3.05, 3.63) is 48.7 Å². The minimum absolute atomic E-state index is 0.0550. The van der Waals surface area contributed by atoms with Crippen LogP contribution in [-0.2, 0) is 9.53 Å². The number of amides is 2. The molecule has 0 fully saturated rings. The predicted molar refractivity (Wildman–Crippen MR) is 71.6 cm³/mol. The van der Waals surface area contributed by atoms with E-state index in [4.69, 9.17) is 0 Å². The van der Waals surface area contributed by atoms with Crippen molar-refractivity contribution in [3.63, 3.8) is 0 Å². The fraction of sp³-hybridized carbons (Fsp3) is 0.214. The van der Waals surface area contributed by atoms with Crippen LogP contribution in [-0.4, -0.2) is 24.3 Å². The number of nitrogens with one attached hydrogen (secondary N) is 1. The maximum Gasteiger partial charge on any atom is 0.414 e. The minimum Gasteiger partial charge on any atom is -0.445 e. The first-order chi connectivity index (χ1) is 9.20. The average molecular weight is 258 g/mol. The molecular formula is C14H14N2O3. The molecule has 19 heavy (non-hydrogen) atoms. The van der Waals surface area contributed by atoms with Crippen LogP contribution in [0, 0.1) is 5.92 Å². The van der Waals surface area contributed by atoms with Crippen LogP contribution in [0.1, 0.15) is 6.42 Å². The Balaban J connectivity index is 2.00. The first kappa shape index (κ1) is 13.0. The monoisotopic (exact) mass is 258 g/mol. The highest BCUT2D eigenvalue weighted by Gasteiger charge is 2.21. The summed E-state index contributed by atoms with van der Waals surface area (Å²) in [4.78, 5) is 27.2. The van der Waals surface area contributed by atoms with Crippen LogP contribution in [0.4, 0.5) is 4.79 Å². The Kier molecular flexibility index (Phi) is 4.07. The summed E-state index contributed by atoms with van der Waals surface area (Å²) in [5, 5.41) is 2.10. The Labute approximate surface area is 111 Å². The molecule has 2 aliphatic rings. The largest absolute Gasteiger partial charge is 0.445 e. The standard InChI is InChI=1S/C14H14N2O3/c1-2-9-19-14(18)16-13(17)12-8-7-10-5-3-4-6-11(10)15-12/h2-4,6-8,10H,1,5,9H2,(H,16,17,18). The van der Waals surface area contributed by atoms with E-state index in [0.717, 1.165) is 12.1 Å². The second-order valence-electron chi connectivity index (χ2n) is 4.06. The average Bonchev–Trinajstić information content (AvgIpc) is 2.44. The third-order valence-corrected chi connectivity index (χ3v) is 2.69. The van der Waals surface area contributed by atoms with Gasteiger partial charge in [-0.05, 0) is 18.6 Å². The molecule has 98 valence electrons. The molecule has 1 aliphatic heterocycles. The molecule has 5 heteroatoms. The number of ether oxygens (including phenoxy) is 1. The first-order valence-electron chi connectivity index (χ1n) is 5.93. The van der Waals surface area contributed by atoms with Crippen molar-refractivity contribution in [3.8, 4) is 0 Å². The number of hydrogen-bond donors (Lipinski definition) is 1. The lowest BCUT2D eigenvalue weighted by Crippen LogP contribution is -2.36. The van der Waals surface area contributed by atoms with Gasteiger partial charge in [0.1, 0.15) is 12.3 Å². The molecule has 0 saturated carbocycles. The first-order valence-corrected chi connectivity index (χ1v) is 5.93. The van der Waals surface area contributed by atoms with Crippen LogP contribution < -0.4 is 5.32 Å². The third kappa shape index (κ3) is 3.28. The van der Waals surface area contributed by atoms with Crippen molar-refractivity contribution >= 4 is 17.7 Å². The number of allylic oxidation sites excluding steroid dienone is 4. The molecule has 0 aromatic heterocycles. The van der Waals surface area contributed by atoms with Gasteiger partial charge in [0.15, 0.2) is 0 Å². The number of alkyl carbamates (subject to hydrolysis) is 1. The lowest BCUT2D eigenvalue weighted by molar-refractivity contribution is -0.114. The van der Waals surface area contributed by atoms with Crippen LogP contribution >= 0.6 is 0 Å². The normalized spacial score (nSPS) is 19.9. The topological polar surface area (TPSA) is 67.8 Å². The smallest absolute Gasteiger partial charge is 0.414 e. The van der Waals surface area contributed by atoms with Gasteiger partial charge in [-0.25, -0.2) is 9.79 Å². The van der Waals surface area contributed by atoms with Gasteiger partial charge in [-0.3, -0.25) is 10.1 Å². The lowest BCUT2D eigenvalue weighted by atomic mass is 9.94. The summed E-state index contributed by atoms with van der Waals surface area (Å²) in [5.41, 5.74) is 1.03. The second-order valence-corrected chi connectivity index (χ2v) is 4.06. The molecule has 1 unspecified atom stereocenters. The molecule has 1 atom stereocenters. The van der Waals surface area contributed by atoms with E-state index in [1.54, 1.807) is 6.08 Å². The van der Waals surface area contributed by atoms with Crippen molar-refractivity contribution < 1.29 is 14.3 Å². The zero-order chi connectivity index (χ0) is 13.7. The molecule has 1 heterocycles. The molecule has 1 N–H and O–H groups in total. The van der Waals surface area contributed by atoms with E-state index < -0.39 is 12.0 Å². The van der Waals surface area contributed by atoms with Crippen molar-refractivity contribution in [2.45, 2.75) is 6.42 Å². The Bertz CT molecular complexity index is 527. The van der Waals surface area contributed by atoms with Crippen LogP contribution in [0.25, 0.3) is 0 Å². The van der Waals surface area contributed by atoms with Crippen LogP contribution in [0.2, 0.25) is 0 Å². The Morgan fingerprint density at radius 3 is 3.21 bits per heavy atom. The maximum atomic E-state index is 11.8. The fourth-order valence-electron chi connectivity index (χ4n) is 1.77. The van der Waals surface area contributed by atoms with E-state index in [9.17, 15) is 9.59 Å². The summed E-state index contributed by atoms with van der Waals surface area (Å²) < 4.78 is 4.67. The van der Waals surface area contributed by atoms with Gasteiger partial charge in [-0.1, -0.05) is 30.9 Å². The Hall–Kier alpha value is -2.43. The zero-order valence-electron chi connectivity index (χ0n) is 10.3. The van der Waals surface area contributed by atoms with E-state index in [-0.39, 0.29) is 18.2 Å². The molecule has 0 aromatic rings. The molecule has 0 radical (unpaired) electrons. The van der Waals surface area contributed by atoms with Crippen molar-refractivity contribution in [2.75, 3.05) is 6.61 Å². The minimum atomic E-state index is -0.805. The van der Waals surface area contributed by atoms with Gasteiger partial charge in [0.2, 0.25) is 0 Å². The van der Waals surface area contributed by atoms with Gasteiger partial charge in [-0.2, -0.15) is 0 Å². The number of carbonyl (C=O) groups excluding carboxylic acids is 2. The number of fused-ring (bicyclic) bond motifs is 1. The van der Waals surface area contributed by atoms with E-state index in [0.29, 0.717) is 0 Å². The summed E-state index contributed by atoms with van der Waals surface area (Å²) in [6.07, 6.45) is 10.8. The quantitative estimate of drug-likeness (QED) is 0.786. The van der Waals surface area contributed by atoms with Gasteiger partial charge in [0, 0.05) is 11.6 Å². The number of imide groups is 1. The predicted octanol–water partition coefficient (Wildman–Crippen LogP) is 1.90. The number of dihydropyridines is 1. The summed E-state index contributed by atoms with van der Waals surface area (Å²) in [7, 11) is 0. The van der Waals surface area contributed by atoms with Crippen LogP contribution in [0.5, 0.6) is 0 Å². The molecule has 1 aliphatic carbocycles. The van der Waals surface area contributed by atoms with E-state index in [1.165, 1.54) is 6.08 Å². The zero-order valence-corrected chi connectivity index (χ0v) is 10.3. The van der Waals surface area contributed by atoms with Gasteiger partial charge in [0.25, 0.3) is 5.91 Å². The summed E-state index contributed by atoms with van der Waals surface area (Å²) in [6.45, 7) is 3.46. The highest BCUT2D eigenvalue weighted by molar-refractivity contribution is 6.45. The maximum absolute atomic E-state index is 11.8. The summed E-state index contributed by atoms with van der Waals surface area (Å²) >= 11 is 0.